The van der Waals surface area contributed by atoms with Crippen molar-refractivity contribution in [3.05, 3.63) is 33.1 Å². The number of carbonyl (C=O) groups is 1. The quantitative estimate of drug-likeness (QED) is 0.346. The van der Waals surface area contributed by atoms with Crippen molar-refractivity contribution in [3.63, 3.8) is 0 Å². The molecule has 0 radical (unpaired) electrons. The molecule has 0 aliphatic carbocycles. The number of hydrogen-bond donors (Lipinski definition) is 5. The van der Waals surface area contributed by atoms with Crippen LogP contribution in [-0.2, 0) is 9.53 Å². The van der Waals surface area contributed by atoms with Crippen LogP contribution in [0.2, 0.25) is 0 Å². The fraction of sp³-hybridized carbons (Fsp3) is 0.615. The average Bonchev–Trinajstić information content (AvgIpc) is 2.80. The van der Waals surface area contributed by atoms with E-state index in [0.717, 1.165) is 22.4 Å². The first-order chi connectivity index (χ1) is 11.2. The van der Waals surface area contributed by atoms with Gasteiger partial charge in [0.05, 0.1) is 17.5 Å². The first kappa shape index (κ1) is 18.7. The van der Waals surface area contributed by atoms with Crippen molar-refractivity contribution in [1.29, 1.82) is 0 Å². The number of thioether (sulfide) groups is 1. The van der Waals surface area contributed by atoms with Crippen LogP contribution in [0.4, 0.5) is 0 Å². The van der Waals surface area contributed by atoms with E-state index >= 15 is 0 Å². The molecule has 24 heavy (non-hydrogen) atoms. The van der Waals surface area contributed by atoms with Crippen LogP contribution in [0.15, 0.2) is 21.9 Å². The Morgan fingerprint density at radius 3 is 2.71 bits per heavy atom. The van der Waals surface area contributed by atoms with Gasteiger partial charge in [0.15, 0.2) is 0 Å². The van der Waals surface area contributed by atoms with Crippen LogP contribution in [0.5, 0.6) is 0 Å². The first-order valence-corrected chi connectivity index (χ1v) is 8.10. The fourth-order valence-corrected chi connectivity index (χ4v) is 3.63. The molecule has 0 saturated carbocycles. The number of carbonyl (C=O) groups excluding carboxylic acids is 1. The lowest BCUT2D eigenvalue weighted by atomic mass is 10.1. The van der Waals surface area contributed by atoms with E-state index < -0.39 is 52.2 Å². The highest BCUT2D eigenvalue weighted by atomic mass is 32.2. The van der Waals surface area contributed by atoms with Crippen molar-refractivity contribution in [3.8, 4) is 0 Å². The molecule has 1 aromatic rings. The average molecular weight is 361 g/mol. The molecule has 0 amide bonds. The van der Waals surface area contributed by atoms with Crippen molar-refractivity contribution in [2.24, 2.45) is 5.73 Å². The molecule has 1 aliphatic heterocycles. The molecule has 6 N–H and O–H groups in total. The largest absolute Gasteiger partial charge is 0.463 e. The van der Waals surface area contributed by atoms with Gasteiger partial charge in [-0.25, -0.2) is 4.79 Å². The minimum atomic E-state index is -1.30. The number of H-pyrrole nitrogens is 1. The molecule has 0 bridgehead atoms. The lowest BCUT2D eigenvalue weighted by molar-refractivity contribution is -0.148. The Morgan fingerprint density at radius 2 is 2.12 bits per heavy atom. The predicted octanol–water partition coefficient (Wildman–Crippen LogP) is -2.88. The van der Waals surface area contributed by atoms with Gasteiger partial charge >= 0.3 is 11.7 Å². The van der Waals surface area contributed by atoms with E-state index in [4.69, 9.17) is 10.5 Å². The van der Waals surface area contributed by atoms with Gasteiger partial charge < -0.3 is 25.8 Å². The minimum absolute atomic E-state index is 0.253. The van der Waals surface area contributed by atoms with Gasteiger partial charge in [-0.3, -0.25) is 19.1 Å². The second-order valence-electron chi connectivity index (χ2n) is 5.46. The normalized spacial score (nSPS) is 29.2. The van der Waals surface area contributed by atoms with E-state index in [9.17, 15) is 29.7 Å². The molecule has 0 aromatic carbocycles. The Balaban J connectivity index is 2.06. The highest BCUT2D eigenvalue weighted by Crippen LogP contribution is 2.41. The molecule has 0 spiro atoms. The Bertz CT molecular complexity index is 703. The van der Waals surface area contributed by atoms with E-state index in [1.165, 1.54) is 13.1 Å². The van der Waals surface area contributed by atoms with Crippen LogP contribution in [0.3, 0.4) is 0 Å². The van der Waals surface area contributed by atoms with Crippen molar-refractivity contribution >= 4 is 17.7 Å². The van der Waals surface area contributed by atoms with Crippen molar-refractivity contribution < 1.29 is 24.9 Å². The third-order valence-corrected chi connectivity index (χ3v) is 5.19. The number of ether oxygens (including phenoxy) is 1. The summed E-state index contributed by atoms with van der Waals surface area (Å²) in [6.45, 7) is 1.09. The standard InChI is InChI=1S/C13H19N3O7S/c1-5(17)8(14)12(21)23-4-6-9(19)10(20)11(24-6)16-3-2-7(18)15-13(16)22/h2-3,5-6,8-11,17,19-20H,4,14H2,1H3,(H,15,18,22)/t5?,6-,8+,9?,10?,11-/m1/s1. The van der Waals surface area contributed by atoms with Crippen molar-refractivity contribution in [2.75, 3.05) is 6.61 Å². The molecule has 2 rings (SSSR count). The summed E-state index contributed by atoms with van der Waals surface area (Å²) in [5.74, 6) is -0.836. The molecule has 6 atom stereocenters. The summed E-state index contributed by atoms with van der Waals surface area (Å²) in [6, 6.07) is -0.0909. The van der Waals surface area contributed by atoms with Crippen LogP contribution < -0.4 is 17.0 Å². The van der Waals surface area contributed by atoms with E-state index in [-0.39, 0.29) is 6.61 Å². The number of esters is 1. The van der Waals surface area contributed by atoms with Gasteiger partial charge in [0.2, 0.25) is 0 Å². The third kappa shape index (κ3) is 3.87. The number of nitrogens with one attached hydrogen (secondary N) is 1. The lowest BCUT2D eigenvalue weighted by Crippen LogP contribution is -2.43. The van der Waals surface area contributed by atoms with Gasteiger partial charge in [0.1, 0.15) is 24.1 Å². The number of aromatic nitrogens is 2. The van der Waals surface area contributed by atoms with Gasteiger partial charge in [0.25, 0.3) is 5.56 Å². The zero-order chi connectivity index (χ0) is 18.0. The highest BCUT2D eigenvalue weighted by Gasteiger charge is 2.44. The van der Waals surface area contributed by atoms with Crippen LogP contribution in [-0.4, -0.2) is 67.1 Å². The number of aromatic amines is 1. The van der Waals surface area contributed by atoms with Gasteiger partial charge in [-0.05, 0) is 6.92 Å². The maximum Gasteiger partial charge on any atom is 0.329 e. The van der Waals surface area contributed by atoms with E-state index in [1.54, 1.807) is 0 Å². The fourth-order valence-electron chi connectivity index (χ4n) is 2.18. The molecule has 1 fully saturated rings. The number of nitrogens with two attached hydrogens (primary N) is 1. The van der Waals surface area contributed by atoms with Crippen LogP contribution in [0.25, 0.3) is 0 Å². The number of hydrogen-bond acceptors (Lipinski definition) is 9. The van der Waals surface area contributed by atoms with E-state index in [2.05, 4.69) is 4.98 Å². The smallest absolute Gasteiger partial charge is 0.329 e. The van der Waals surface area contributed by atoms with Crippen LogP contribution >= 0.6 is 11.8 Å². The molecule has 1 aromatic heterocycles. The van der Waals surface area contributed by atoms with Crippen LogP contribution in [0, 0.1) is 0 Å². The summed E-state index contributed by atoms with van der Waals surface area (Å²) in [6.07, 6.45) is -2.43. The van der Waals surface area contributed by atoms with Gasteiger partial charge in [-0.15, -0.1) is 11.8 Å². The summed E-state index contributed by atoms with van der Waals surface area (Å²) < 4.78 is 6.03. The van der Waals surface area contributed by atoms with Crippen molar-refractivity contribution in [1.82, 2.24) is 9.55 Å². The Morgan fingerprint density at radius 1 is 1.46 bits per heavy atom. The predicted molar refractivity (Wildman–Crippen MR) is 84.4 cm³/mol. The van der Waals surface area contributed by atoms with Gasteiger partial charge in [0, 0.05) is 12.3 Å². The maximum absolute atomic E-state index is 11.8. The molecule has 134 valence electrons. The summed E-state index contributed by atoms with van der Waals surface area (Å²) in [5, 5.41) is 27.9. The topological polar surface area (TPSA) is 168 Å². The first-order valence-electron chi connectivity index (χ1n) is 7.15. The number of rotatable bonds is 5. The van der Waals surface area contributed by atoms with E-state index in [0.29, 0.717) is 0 Å². The van der Waals surface area contributed by atoms with Gasteiger partial charge in [-0.2, -0.15) is 0 Å². The minimum Gasteiger partial charge on any atom is -0.463 e. The molecule has 1 aliphatic rings. The molecule has 3 unspecified atom stereocenters. The molecular weight excluding hydrogens is 342 g/mol. The maximum atomic E-state index is 11.8. The second-order valence-corrected chi connectivity index (χ2v) is 6.82. The SMILES string of the molecule is CC(O)[C@H](N)C(=O)OC[C@H]1S[C@@H](n2ccc(=O)[nH]c2=O)C(O)C1O. The molecule has 1 saturated heterocycles. The summed E-state index contributed by atoms with van der Waals surface area (Å²) >= 11 is 1.02. The Hall–Kier alpha value is -1.66. The number of nitrogens with zero attached hydrogens (tertiary/aromatic N) is 1. The Labute approximate surface area is 140 Å². The zero-order valence-electron chi connectivity index (χ0n) is 12.7. The number of aliphatic hydroxyl groups is 3. The zero-order valence-corrected chi connectivity index (χ0v) is 13.5. The summed E-state index contributed by atoms with van der Waals surface area (Å²) in [7, 11) is 0. The lowest BCUT2D eigenvalue weighted by Gasteiger charge is -2.18. The molecule has 10 nitrogen and oxygen atoms in total. The highest BCUT2D eigenvalue weighted by molar-refractivity contribution is 8.00. The Kier molecular flexibility index (Phi) is 5.83. The summed E-state index contributed by atoms with van der Waals surface area (Å²) in [4.78, 5) is 36.6. The van der Waals surface area contributed by atoms with E-state index in [1.807, 2.05) is 0 Å². The number of aliphatic hydroxyl groups excluding tert-OH is 3. The van der Waals surface area contributed by atoms with Crippen LogP contribution in [0.1, 0.15) is 12.3 Å². The molecular formula is C13H19N3O7S. The summed E-state index contributed by atoms with van der Waals surface area (Å²) in [5.41, 5.74) is 4.14. The molecule has 2 heterocycles. The van der Waals surface area contributed by atoms with Crippen molar-refractivity contribution in [2.45, 2.75) is 41.9 Å². The third-order valence-electron chi connectivity index (χ3n) is 3.64. The van der Waals surface area contributed by atoms with Gasteiger partial charge in [-0.1, -0.05) is 0 Å². The molecule has 11 heteroatoms. The monoisotopic (exact) mass is 361 g/mol. The second kappa shape index (κ2) is 7.49.